The molecule has 2 N–H and O–H groups in total. The number of aliphatic hydroxyl groups excluding tert-OH is 1. The standard InChI is InChI=1S/C15H17F3N2O2/c1-9(8-21)7-19-14(22)13-6-10-5-11(15(16,17)18)3-4-12(10)20(13)2/h3-6,9,21H,7-8H2,1-2H3,(H,19,22). The third-order valence-electron chi connectivity index (χ3n) is 3.53. The first-order valence-electron chi connectivity index (χ1n) is 6.79. The predicted molar refractivity (Wildman–Crippen MR) is 76.5 cm³/mol. The Bertz CT molecular complexity index is 692. The van der Waals surface area contributed by atoms with Crippen molar-refractivity contribution in [2.45, 2.75) is 13.1 Å². The van der Waals surface area contributed by atoms with Crippen molar-refractivity contribution in [2.75, 3.05) is 13.2 Å². The summed E-state index contributed by atoms with van der Waals surface area (Å²) in [4.78, 5) is 12.1. The molecule has 0 aliphatic rings. The second kappa shape index (κ2) is 6.00. The van der Waals surface area contributed by atoms with Crippen LogP contribution in [0.1, 0.15) is 23.0 Å². The minimum atomic E-state index is -4.41. The molecule has 1 atom stereocenters. The van der Waals surface area contributed by atoms with Gasteiger partial charge in [0, 0.05) is 31.1 Å². The van der Waals surface area contributed by atoms with Crippen LogP contribution in [-0.4, -0.2) is 28.7 Å². The van der Waals surface area contributed by atoms with Gasteiger partial charge in [0.1, 0.15) is 5.69 Å². The molecule has 0 saturated carbocycles. The number of aliphatic hydroxyl groups is 1. The number of nitrogens with one attached hydrogen (secondary N) is 1. The van der Waals surface area contributed by atoms with E-state index in [1.807, 2.05) is 0 Å². The number of amides is 1. The van der Waals surface area contributed by atoms with E-state index in [0.29, 0.717) is 17.4 Å². The van der Waals surface area contributed by atoms with Gasteiger partial charge in [-0.2, -0.15) is 13.2 Å². The number of benzene rings is 1. The number of hydrogen-bond acceptors (Lipinski definition) is 2. The lowest BCUT2D eigenvalue weighted by Crippen LogP contribution is -2.30. The lowest BCUT2D eigenvalue weighted by Gasteiger charge is -2.10. The Morgan fingerprint density at radius 2 is 2.05 bits per heavy atom. The third-order valence-corrected chi connectivity index (χ3v) is 3.53. The fraction of sp³-hybridized carbons (Fsp3) is 0.400. The molecular weight excluding hydrogens is 297 g/mol. The largest absolute Gasteiger partial charge is 0.416 e. The molecule has 0 saturated heterocycles. The van der Waals surface area contributed by atoms with Crippen molar-refractivity contribution in [3.05, 3.63) is 35.5 Å². The van der Waals surface area contributed by atoms with Crippen LogP contribution in [0, 0.1) is 5.92 Å². The normalized spacial score (nSPS) is 13.4. The maximum Gasteiger partial charge on any atom is 0.416 e. The molecule has 2 rings (SSSR count). The molecule has 22 heavy (non-hydrogen) atoms. The molecule has 2 aromatic rings. The Kier molecular flexibility index (Phi) is 4.46. The quantitative estimate of drug-likeness (QED) is 0.911. The number of carbonyl (C=O) groups is 1. The Balaban J connectivity index is 2.32. The van der Waals surface area contributed by atoms with Crippen LogP contribution >= 0.6 is 0 Å². The van der Waals surface area contributed by atoms with E-state index in [4.69, 9.17) is 5.11 Å². The van der Waals surface area contributed by atoms with Crippen molar-refractivity contribution in [1.29, 1.82) is 0 Å². The Hall–Kier alpha value is -2.02. The smallest absolute Gasteiger partial charge is 0.396 e. The highest BCUT2D eigenvalue weighted by Crippen LogP contribution is 2.32. The van der Waals surface area contributed by atoms with Gasteiger partial charge in [-0.3, -0.25) is 4.79 Å². The number of fused-ring (bicyclic) bond motifs is 1. The number of alkyl halides is 3. The van der Waals surface area contributed by atoms with E-state index in [0.717, 1.165) is 12.1 Å². The minimum Gasteiger partial charge on any atom is -0.396 e. The zero-order chi connectivity index (χ0) is 16.5. The van der Waals surface area contributed by atoms with Crippen LogP contribution in [0.4, 0.5) is 13.2 Å². The zero-order valence-electron chi connectivity index (χ0n) is 12.2. The first-order chi connectivity index (χ1) is 10.2. The maximum atomic E-state index is 12.7. The number of aromatic nitrogens is 1. The van der Waals surface area contributed by atoms with Crippen LogP contribution in [0.25, 0.3) is 10.9 Å². The second-order valence-corrected chi connectivity index (χ2v) is 5.36. The average molecular weight is 314 g/mol. The number of aryl methyl sites for hydroxylation is 1. The molecule has 4 nitrogen and oxygen atoms in total. The summed E-state index contributed by atoms with van der Waals surface area (Å²) in [5.41, 5.74) is 0.0827. The fourth-order valence-corrected chi connectivity index (χ4v) is 2.17. The Morgan fingerprint density at radius 3 is 2.64 bits per heavy atom. The van der Waals surface area contributed by atoms with E-state index in [2.05, 4.69) is 5.32 Å². The van der Waals surface area contributed by atoms with Gasteiger partial charge in [-0.05, 0) is 30.2 Å². The Morgan fingerprint density at radius 1 is 1.36 bits per heavy atom. The summed E-state index contributed by atoms with van der Waals surface area (Å²) in [6, 6.07) is 4.81. The summed E-state index contributed by atoms with van der Waals surface area (Å²) in [6.45, 7) is 2.02. The average Bonchev–Trinajstić information content (AvgIpc) is 2.80. The second-order valence-electron chi connectivity index (χ2n) is 5.36. The van der Waals surface area contributed by atoms with Crippen LogP contribution in [0.15, 0.2) is 24.3 Å². The van der Waals surface area contributed by atoms with Crippen LogP contribution in [0.5, 0.6) is 0 Å². The van der Waals surface area contributed by atoms with Crippen LogP contribution in [0.3, 0.4) is 0 Å². The summed E-state index contributed by atoms with van der Waals surface area (Å²) in [5.74, 6) is -0.469. The molecule has 120 valence electrons. The predicted octanol–water partition coefficient (Wildman–Crippen LogP) is 2.56. The van der Waals surface area contributed by atoms with E-state index in [9.17, 15) is 18.0 Å². The van der Waals surface area contributed by atoms with Crippen LogP contribution in [0.2, 0.25) is 0 Å². The van der Waals surface area contributed by atoms with E-state index in [1.165, 1.54) is 12.1 Å². The molecule has 0 bridgehead atoms. The van der Waals surface area contributed by atoms with Gasteiger partial charge in [-0.15, -0.1) is 0 Å². The highest BCUT2D eigenvalue weighted by molar-refractivity contribution is 5.98. The number of nitrogens with zero attached hydrogens (tertiary/aromatic N) is 1. The highest BCUT2D eigenvalue weighted by atomic mass is 19.4. The molecular formula is C15H17F3N2O2. The van der Waals surface area contributed by atoms with Gasteiger partial charge in [-0.1, -0.05) is 6.92 Å². The van der Waals surface area contributed by atoms with Crippen molar-refractivity contribution in [3.8, 4) is 0 Å². The van der Waals surface area contributed by atoms with Gasteiger partial charge >= 0.3 is 6.18 Å². The lowest BCUT2D eigenvalue weighted by molar-refractivity contribution is -0.137. The minimum absolute atomic E-state index is 0.0513. The molecule has 1 aromatic heterocycles. The topological polar surface area (TPSA) is 54.3 Å². The van der Waals surface area contributed by atoms with E-state index in [-0.39, 0.29) is 24.1 Å². The van der Waals surface area contributed by atoms with Crippen molar-refractivity contribution in [2.24, 2.45) is 13.0 Å². The zero-order valence-corrected chi connectivity index (χ0v) is 12.2. The highest BCUT2D eigenvalue weighted by Gasteiger charge is 2.30. The van der Waals surface area contributed by atoms with Crippen molar-refractivity contribution < 1.29 is 23.1 Å². The van der Waals surface area contributed by atoms with Crippen molar-refractivity contribution in [1.82, 2.24) is 9.88 Å². The molecule has 1 heterocycles. The summed E-state index contributed by atoms with van der Waals surface area (Å²) in [7, 11) is 1.62. The summed E-state index contributed by atoms with van der Waals surface area (Å²) < 4.78 is 39.7. The molecule has 1 unspecified atom stereocenters. The van der Waals surface area contributed by atoms with E-state index in [1.54, 1.807) is 18.5 Å². The first-order valence-corrected chi connectivity index (χ1v) is 6.79. The van der Waals surface area contributed by atoms with Gasteiger partial charge in [0.25, 0.3) is 5.91 Å². The van der Waals surface area contributed by atoms with Crippen LogP contribution < -0.4 is 5.32 Å². The van der Waals surface area contributed by atoms with Crippen molar-refractivity contribution in [3.63, 3.8) is 0 Å². The molecule has 0 radical (unpaired) electrons. The SMILES string of the molecule is CC(CO)CNC(=O)c1cc2cc(C(F)(F)F)ccc2n1C. The monoisotopic (exact) mass is 314 g/mol. The summed E-state index contributed by atoms with van der Waals surface area (Å²) in [6.07, 6.45) is -4.41. The van der Waals surface area contributed by atoms with E-state index < -0.39 is 11.7 Å². The number of halogens is 3. The molecule has 7 heteroatoms. The van der Waals surface area contributed by atoms with Gasteiger partial charge in [0.2, 0.25) is 0 Å². The Labute approximate surface area is 125 Å². The van der Waals surface area contributed by atoms with E-state index >= 15 is 0 Å². The molecule has 0 spiro atoms. The number of carbonyl (C=O) groups excluding carboxylic acids is 1. The molecule has 1 aromatic carbocycles. The van der Waals surface area contributed by atoms with Gasteiger partial charge in [0.15, 0.2) is 0 Å². The van der Waals surface area contributed by atoms with Crippen LogP contribution in [-0.2, 0) is 13.2 Å². The first kappa shape index (κ1) is 16.4. The summed E-state index contributed by atoms with van der Waals surface area (Å²) in [5, 5.41) is 11.9. The lowest BCUT2D eigenvalue weighted by atomic mass is 10.1. The third kappa shape index (κ3) is 3.24. The number of hydrogen-bond donors (Lipinski definition) is 2. The fourth-order valence-electron chi connectivity index (χ4n) is 2.17. The molecule has 1 amide bonds. The van der Waals surface area contributed by atoms with Crippen molar-refractivity contribution >= 4 is 16.8 Å². The molecule has 0 aliphatic heterocycles. The maximum absolute atomic E-state index is 12.7. The van der Waals surface area contributed by atoms with Gasteiger partial charge in [0.05, 0.1) is 5.56 Å². The molecule has 0 aliphatic carbocycles. The summed E-state index contributed by atoms with van der Waals surface area (Å²) >= 11 is 0. The molecule has 0 fully saturated rings. The van der Waals surface area contributed by atoms with Gasteiger partial charge in [-0.25, -0.2) is 0 Å². The van der Waals surface area contributed by atoms with Gasteiger partial charge < -0.3 is 15.0 Å². The number of rotatable bonds is 4.